The van der Waals surface area contributed by atoms with Crippen LogP contribution in [0.1, 0.15) is 29.8 Å². The van der Waals surface area contributed by atoms with E-state index in [1.165, 1.54) is 0 Å². The van der Waals surface area contributed by atoms with Gasteiger partial charge in [-0.1, -0.05) is 6.07 Å². The van der Waals surface area contributed by atoms with E-state index in [0.717, 1.165) is 24.5 Å². The number of nitrogens with zero attached hydrogens (tertiary/aromatic N) is 2. The summed E-state index contributed by atoms with van der Waals surface area (Å²) in [5.41, 5.74) is 6.48. The molecule has 3 rings (SSSR count). The highest BCUT2D eigenvalue weighted by Crippen LogP contribution is 2.18. The molecule has 2 unspecified atom stereocenters. The van der Waals surface area contributed by atoms with E-state index in [4.69, 9.17) is 15.2 Å². The van der Waals surface area contributed by atoms with Crippen molar-refractivity contribution in [2.75, 3.05) is 24.6 Å². The smallest absolute Gasteiger partial charge is 0.258 e. The van der Waals surface area contributed by atoms with Crippen molar-refractivity contribution in [1.82, 2.24) is 10.3 Å². The first-order chi connectivity index (χ1) is 13.9. The molecule has 2 amide bonds. The summed E-state index contributed by atoms with van der Waals surface area (Å²) in [5.74, 6) is 0.644. The normalized spacial score (nSPS) is 18.9. The first-order valence-electron chi connectivity index (χ1n) is 9.55. The zero-order valence-corrected chi connectivity index (χ0v) is 16.6. The number of nitrogens with two attached hydrogens (primary N) is 1. The average Bonchev–Trinajstić information content (AvgIpc) is 2.70. The summed E-state index contributed by atoms with van der Waals surface area (Å²) < 4.78 is 11.2. The third kappa shape index (κ3) is 5.92. The standard InChI is InChI=1S/C21H26N4O4/c1-14-11-25(12-15(2)29-14)19-8-3-16(9-23-19)10-24-20(26)13-28-18-6-4-17(5-7-18)21(22)27/h3-9,14-15H,10-13H2,1-2H3,(H2,22,27)(H,24,26). The number of morpholine rings is 1. The van der Waals surface area contributed by atoms with Gasteiger partial charge in [0, 0.05) is 31.4 Å². The topological polar surface area (TPSA) is 107 Å². The molecule has 8 nitrogen and oxygen atoms in total. The molecule has 2 atom stereocenters. The first kappa shape index (κ1) is 20.6. The molecule has 2 aromatic rings. The van der Waals surface area contributed by atoms with Crippen molar-refractivity contribution >= 4 is 17.6 Å². The maximum absolute atomic E-state index is 12.0. The number of amides is 2. The second kappa shape index (κ2) is 9.38. The molecule has 154 valence electrons. The van der Waals surface area contributed by atoms with Gasteiger partial charge in [-0.2, -0.15) is 0 Å². The van der Waals surface area contributed by atoms with Gasteiger partial charge in [0.1, 0.15) is 11.6 Å². The van der Waals surface area contributed by atoms with Gasteiger partial charge < -0.3 is 25.4 Å². The molecule has 2 heterocycles. The summed E-state index contributed by atoms with van der Waals surface area (Å²) in [5, 5.41) is 2.80. The molecule has 0 bridgehead atoms. The number of pyridine rings is 1. The first-order valence-corrected chi connectivity index (χ1v) is 9.55. The van der Waals surface area contributed by atoms with Crippen LogP contribution in [0, 0.1) is 0 Å². The highest BCUT2D eigenvalue weighted by Gasteiger charge is 2.22. The highest BCUT2D eigenvalue weighted by molar-refractivity contribution is 5.92. The SMILES string of the molecule is CC1CN(c2ccc(CNC(=O)COc3ccc(C(N)=O)cc3)cn2)CC(C)O1. The number of aromatic nitrogens is 1. The van der Waals surface area contributed by atoms with Crippen LogP contribution >= 0.6 is 0 Å². The monoisotopic (exact) mass is 398 g/mol. The number of benzene rings is 1. The number of rotatable bonds is 7. The van der Waals surface area contributed by atoms with Crippen molar-refractivity contribution in [3.63, 3.8) is 0 Å². The summed E-state index contributed by atoms with van der Waals surface area (Å²) >= 11 is 0. The van der Waals surface area contributed by atoms with Gasteiger partial charge in [0.15, 0.2) is 6.61 Å². The molecule has 0 aliphatic carbocycles. The number of anilines is 1. The number of nitrogens with one attached hydrogen (secondary N) is 1. The van der Waals surface area contributed by atoms with Crippen LogP contribution in [0.3, 0.4) is 0 Å². The van der Waals surface area contributed by atoms with Gasteiger partial charge in [0.2, 0.25) is 5.91 Å². The van der Waals surface area contributed by atoms with E-state index < -0.39 is 5.91 Å². The fraction of sp³-hybridized carbons (Fsp3) is 0.381. The Balaban J connectivity index is 1.44. The number of primary amides is 1. The highest BCUT2D eigenvalue weighted by atomic mass is 16.5. The predicted octanol–water partition coefficient (Wildman–Crippen LogP) is 1.49. The number of hydrogen-bond acceptors (Lipinski definition) is 6. The molecule has 1 saturated heterocycles. The van der Waals surface area contributed by atoms with Crippen LogP contribution < -0.4 is 20.7 Å². The van der Waals surface area contributed by atoms with Gasteiger partial charge in [-0.3, -0.25) is 9.59 Å². The number of carbonyl (C=O) groups excluding carboxylic acids is 2. The number of ether oxygens (including phenoxy) is 2. The molecule has 1 aliphatic heterocycles. The van der Waals surface area contributed by atoms with E-state index in [1.54, 1.807) is 30.5 Å². The average molecular weight is 398 g/mol. The molecule has 0 saturated carbocycles. The van der Waals surface area contributed by atoms with Crippen molar-refractivity contribution in [2.45, 2.75) is 32.6 Å². The van der Waals surface area contributed by atoms with Gasteiger partial charge in [-0.05, 0) is 49.7 Å². The van der Waals surface area contributed by atoms with Gasteiger partial charge in [0.25, 0.3) is 5.91 Å². The Morgan fingerprint density at radius 1 is 1.17 bits per heavy atom. The Morgan fingerprint density at radius 3 is 2.45 bits per heavy atom. The third-order valence-corrected chi connectivity index (χ3v) is 4.55. The largest absolute Gasteiger partial charge is 0.484 e. The Kier molecular flexibility index (Phi) is 6.66. The Morgan fingerprint density at radius 2 is 1.86 bits per heavy atom. The minimum absolute atomic E-state index is 0.120. The van der Waals surface area contributed by atoms with E-state index in [-0.39, 0.29) is 24.7 Å². The van der Waals surface area contributed by atoms with Gasteiger partial charge in [-0.25, -0.2) is 4.98 Å². The van der Waals surface area contributed by atoms with Crippen LogP contribution in [-0.4, -0.2) is 48.7 Å². The van der Waals surface area contributed by atoms with Crippen molar-refractivity contribution < 1.29 is 19.1 Å². The molecule has 0 radical (unpaired) electrons. The quantitative estimate of drug-likeness (QED) is 0.732. The van der Waals surface area contributed by atoms with Gasteiger partial charge in [0.05, 0.1) is 12.2 Å². The minimum Gasteiger partial charge on any atom is -0.484 e. The van der Waals surface area contributed by atoms with Crippen LogP contribution in [-0.2, 0) is 16.1 Å². The Bertz CT molecular complexity index is 829. The van der Waals surface area contributed by atoms with E-state index in [9.17, 15) is 9.59 Å². The van der Waals surface area contributed by atoms with E-state index >= 15 is 0 Å². The van der Waals surface area contributed by atoms with E-state index in [2.05, 4.69) is 29.0 Å². The van der Waals surface area contributed by atoms with Crippen LogP contribution in [0.2, 0.25) is 0 Å². The van der Waals surface area contributed by atoms with Crippen LogP contribution in [0.5, 0.6) is 5.75 Å². The molecule has 29 heavy (non-hydrogen) atoms. The van der Waals surface area contributed by atoms with Gasteiger partial charge in [-0.15, -0.1) is 0 Å². The molecule has 1 fully saturated rings. The minimum atomic E-state index is -0.508. The second-order valence-corrected chi connectivity index (χ2v) is 7.14. The number of hydrogen-bond donors (Lipinski definition) is 2. The molecule has 0 spiro atoms. The van der Waals surface area contributed by atoms with Crippen LogP contribution in [0.4, 0.5) is 5.82 Å². The zero-order valence-electron chi connectivity index (χ0n) is 16.6. The molecular formula is C21H26N4O4. The molecule has 3 N–H and O–H groups in total. The summed E-state index contributed by atoms with van der Waals surface area (Å²) in [6.45, 7) is 5.98. The molecule has 1 aliphatic rings. The van der Waals surface area contributed by atoms with Gasteiger partial charge >= 0.3 is 0 Å². The zero-order chi connectivity index (χ0) is 20.8. The molecule has 1 aromatic carbocycles. The molecule has 1 aromatic heterocycles. The van der Waals surface area contributed by atoms with Crippen molar-refractivity contribution in [3.05, 3.63) is 53.7 Å². The summed E-state index contributed by atoms with van der Waals surface area (Å²) in [7, 11) is 0. The van der Waals surface area contributed by atoms with Crippen molar-refractivity contribution in [1.29, 1.82) is 0 Å². The van der Waals surface area contributed by atoms with Crippen molar-refractivity contribution in [3.8, 4) is 5.75 Å². The summed E-state index contributed by atoms with van der Waals surface area (Å²) in [6.07, 6.45) is 2.11. The predicted molar refractivity (Wildman–Crippen MR) is 109 cm³/mol. The lowest BCUT2D eigenvalue weighted by molar-refractivity contribution is -0.123. The third-order valence-electron chi connectivity index (χ3n) is 4.55. The molecule has 8 heteroatoms. The van der Waals surface area contributed by atoms with Crippen molar-refractivity contribution in [2.24, 2.45) is 5.73 Å². The fourth-order valence-corrected chi connectivity index (χ4v) is 3.19. The maximum atomic E-state index is 12.0. The van der Waals surface area contributed by atoms with Crippen LogP contribution in [0.25, 0.3) is 0 Å². The van der Waals surface area contributed by atoms with Crippen LogP contribution in [0.15, 0.2) is 42.6 Å². The maximum Gasteiger partial charge on any atom is 0.258 e. The lowest BCUT2D eigenvalue weighted by Crippen LogP contribution is -2.45. The lowest BCUT2D eigenvalue weighted by atomic mass is 10.2. The second-order valence-electron chi connectivity index (χ2n) is 7.14. The Labute approximate surface area is 170 Å². The van der Waals surface area contributed by atoms with E-state index in [1.807, 2.05) is 12.1 Å². The molecular weight excluding hydrogens is 372 g/mol. The lowest BCUT2D eigenvalue weighted by Gasteiger charge is -2.36. The Hall–Kier alpha value is -3.13. The number of carbonyl (C=O) groups is 2. The fourth-order valence-electron chi connectivity index (χ4n) is 3.19. The van der Waals surface area contributed by atoms with E-state index in [0.29, 0.717) is 17.9 Å². The summed E-state index contributed by atoms with van der Waals surface area (Å²) in [4.78, 5) is 29.8. The summed E-state index contributed by atoms with van der Waals surface area (Å²) in [6, 6.07) is 10.2.